The van der Waals surface area contributed by atoms with E-state index in [4.69, 9.17) is 10.8 Å². The van der Waals surface area contributed by atoms with Gasteiger partial charge in [-0.15, -0.1) is 0 Å². The Morgan fingerprint density at radius 2 is 2.33 bits per heavy atom. The van der Waals surface area contributed by atoms with Gasteiger partial charge in [-0.3, -0.25) is 4.79 Å². The lowest BCUT2D eigenvalue weighted by atomic mass is 9.94. The van der Waals surface area contributed by atoms with Gasteiger partial charge in [-0.25, -0.2) is 0 Å². The number of hydrogen-bond acceptors (Lipinski definition) is 3. The Kier molecular flexibility index (Phi) is 3.57. The van der Waals surface area contributed by atoms with Crippen molar-refractivity contribution in [3.63, 3.8) is 0 Å². The molecule has 3 N–H and O–H groups in total. The predicted octanol–water partition coefficient (Wildman–Crippen LogP) is 1.41. The first kappa shape index (κ1) is 12.9. The number of rotatable bonds is 3. The largest absolute Gasteiger partial charge is 0.480 e. The number of fused-ring (bicyclic) bond motifs is 1. The Bertz CT molecular complexity index is 459. The molecular weight excluding hydrogens is 228 g/mol. The van der Waals surface area contributed by atoms with Crippen LogP contribution in [0.3, 0.4) is 0 Å². The summed E-state index contributed by atoms with van der Waals surface area (Å²) in [6.45, 7) is 2.22. The fourth-order valence-electron chi connectivity index (χ4n) is 2.45. The van der Waals surface area contributed by atoms with E-state index in [2.05, 4.69) is 31.0 Å². The van der Waals surface area contributed by atoms with Crippen LogP contribution < -0.4 is 10.6 Å². The summed E-state index contributed by atoms with van der Waals surface area (Å²) >= 11 is 0. The molecule has 1 heterocycles. The lowest BCUT2D eigenvalue weighted by Crippen LogP contribution is -2.34. The zero-order valence-electron chi connectivity index (χ0n) is 10.9. The van der Waals surface area contributed by atoms with Gasteiger partial charge in [0.05, 0.1) is 0 Å². The molecule has 4 nitrogen and oxygen atoms in total. The Labute approximate surface area is 107 Å². The van der Waals surface area contributed by atoms with E-state index in [1.807, 2.05) is 6.07 Å². The lowest BCUT2D eigenvalue weighted by Gasteiger charge is -2.34. The number of benzene rings is 1. The second kappa shape index (κ2) is 4.98. The summed E-state index contributed by atoms with van der Waals surface area (Å²) in [7, 11) is 2.10. The fourth-order valence-corrected chi connectivity index (χ4v) is 2.45. The third-order valence-corrected chi connectivity index (χ3v) is 3.79. The number of aryl methyl sites for hydroxylation is 1. The molecule has 18 heavy (non-hydrogen) atoms. The minimum Gasteiger partial charge on any atom is -0.480 e. The average Bonchev–Trinajstić information content (AvgIpc) is 2.34. The molecule has 1 aromatic rings. The van der Waals surface area contributed by atoms with Gasteiger partial charge in [-0.05, 0) is 43.4 Å². The first-order chi connectivity index (χ1) is 8.49. The van der Waals surface area contributed by atoms with Gasteiger partial charge in [0.2, 0.25) is 0 Å². The molecule has 1 aliphatic heterocycles. The molecule has 0 fully saturated rings. The highest BCUT2D eigenvalue weighted by Crippen LogP contribution is 2.30. The molecule has 0 amide bonds. The summed E-state index contributed by atoms with van der Waals surface area (Å²) in [5, 5.41) is 8.83. The normalized spacial score (nSPS) is 20.4. The van der Waals surface area contributed by atoms with Crippen molar-refractivity contribution in [3.05, 3.63) is 29.3 Å². The van der Waals surface area contributed by atoms with Crippen LogP contribution in [-0.4, -0.2) is 30.2 Å². The lowest BCUT2D eigenvalue weighted by molar-refractivity contribution is -0.138. The topological polar surface area (TPSA) is 66.6 Å². The number of aliphatic carboxylic acids is 1. The van der Waals surface area contributed by atoms with E-state index >= 15 is 0 Å². The smallest absolute Gasteiger partial charge is 0.320 e. The van der Waals surface area contributed by atoms with E-state index in [0.717, 1.165) is 18.4 Å². The molecule has 0 spiro atoms. The van der Waals surface area contributed by atoms with E-state index in [-0.39, 0.29) is 0 Å². The maximum atomic E-state index is 10.8. The average molecular weight is 248 g/mol. The molecule has 0 aromatic heterocycles. The van der Waals surface area contributed by atoms with Gasteiger partial charge < -0.3 is 15.7 Å². The van der Waals surface area contributed by atoms with Crippen molar-refractivity contribution < 1.29 is 9.90 Å². The van der Waals surface area contributed by atoms with Crippen LogP contribution in [0.4, 0.5) is 5.69 Å². The molecule has 0 aliphatic carbocycles. The van der Waals surface area contributed by atoms with Crippen molar-refractivity contribution >= 4 is 11.7 Å². The summed E-state index contributed by atoms with van der Waals surface area (Å²) in [4.78, 5) is 13.0. The first-order valence-corrected chi connectivity index (χ1v) is 6.32. The summed E-state index contributed by atoms with van der Waals surface area (Å²) in [5.41, 5.74) is 9.12. The van der Waals surface area contributed by atoms with Gasteiger partial charge in [0.25, 0.3) is 0 Å². The number of anilines is 1. The third-order valence-electron chi connectivity index (χ3n) is 3.79. The zero-order chi connectivity index (χ0) is 13.3. The second-order valence-electron chi connectivity index (χ2n) is 5.11. The van der Waals surface area contributed by atoms with E-state index in [1.165, 1.54) is 11.3 Å². The molecule has 4 heteroatoms. The molecule has 0 radical (unpaired) electrons. The standard InChI is InChI=1S/C14H20N2O2/c1-9-3-5-11-7-10(8-12(15)14(17)18)4-6-13(11)16(9)2/h4,6-7,9,12H,3,5,8,15H2,1-2H3,(H,17,18). The molecule has 2 unspecified atom stereocenters. The fraction of sp³-hybridized carbons (Fsp3) is 0.500. The molecule has 2 rings (SSSR count). The van der Waals surface area contributed by atoms with Gasteiger partial charge in [0, 0.05) is 18.8 Å². The number of nitrogens with zero attached hydrogens (tertiary/aromatic N) is 1. The molecule has 0 saturated carbocycles. The predicted molar refractivity (Wildman–Crippen MR) is 71.9 cm³/mol. The van der Waals surface area contributed by atoms with Crippen LogP contribution in [0, 0.1) is 0 Å². The van der Waals surface area contributed by atoms with Crippen molar-refractivity contribution in [1.82, 2.24) is 0 Å². The Morgan fingerprint density at radius 1 is 1.61 bits per heavy atom. The third kappa shape index (κ3) is 2.48. The van der Waals surface area contributed by atoms with E-state index in [9.17, 15) is 4.79 Å². The van der Waals surface area contributed by atoms with Gasteiger partial charge in [0.15, 0.2) is 0 Å². The van der Waals surface area contributed by atoms with Gasteiger partial charge in [0.1, 0.15) is 6.04 Å². The Balaban J connectivity index is 2.20. The SMILES string of the molecule is CC1CCc2cc(CC(N)C(=O)O)ccc2N1C. The highest BCUT2D eigenvalue weighted by Gasteiger charge is 2.20. The van der Waals surface area contributed by atoms with Crippen LogP contribution >= 0.6 is 0 Å². The quantitative estimate of drug-likeness (QED) is 0.849. The van der Waals surface area contributed by atoms with Crippen LogP contribution in [0.1, 0.15) is 24.5 Å². The van der Waals surface area contributed by atoms with Crippen LogP contribution in [0.2, 0.25) is 0 Å². The van der Waals surface area contributed by atoms with Gasteiger partial charge in [-0.1, -0.05) is 12.1 Å². The second-order valence-corrected chi connectivity index (χ2v) is 5.11. The van der Waals surface area contributed by atoms with Crippen molar-refractivity contribution in [2.45, 2.75) is 38.3 Å². The van der Waals surface area contributed by atoms with Crippen LogP contribution in [-0.2, 0) is 17.6 Å². The zero-order valence-corrected chi connectivity index (χ0v) is 10.9. The summed E-state index contributed by atoms with van der Waals surface area (Å²) < 4.78 is 0. The molecule has 98 valence electrons. The first-order valence-electron chi connectivity index (χ1n) is 6.32. The molecule has 1 aliphatic rings. The van der Waals surface area contributed by atoms with E-state index in [0.29, 0.717) is 12.5 Å². The van der Waals surface area contributed by atoms with Crippen LogP contribution in [0.15, 0.2) is 18.2 Å². The number of nitrogens with two attached hydrogens (primary N) is 1. The Hall–Kier alpha value is -1.55. The number of hydrogen-bond donors (Lipinski definition) is 2. The van der Waals surface area contributed by atoms with Crippen LogP contribution in [0.25, 0.3) is 0 Å². The molecular formula is C14H20N2O2. The maximum Gasteiger partial charge on any atom is 0.320 e. The molecule has 2 atom stereocenters. The van der Waals surface area contributed by atoms with E-state index < -0.39 is 12.0 Å². The van der Waals surface area contributed by atoms with Crippen molar-refractivity contribution in [2.75, 3.05) is 11.9 Å². The molecule has 0 saturated heterocycles. The number of carboxylic acids is 1. The minimum absolute atomic E-state index is 0.391. The molecule has 1 aromatic carbocycles. The summed E-state index contributed by atoms with van der Waals surface area (Å²) in [6.07, 6.45) is 2.58. The van der Waals surface area contributed by atoms with Crippen molar-refractivity contribution in [3.8, 4) is 0 Å². The Morgan fingerprint density at radius 3 is 3.00 bits per heavy atom. The van der Waals surface area contributed by atoms with Crippen LogP contribution in [0.5, 0.6) is 0 Å². The minimum atomic E-state index is -0.946. The maximum absolute atomic E-state index is 10.8. The van der Waals surface area contributed by atoms with Gasteiger partial charge in [-0.2, -0.15) is 0 Å². The highest BCUT2D eigenvalue weighted by atomic mass is 16.4. The van der Waals surface area contributed by atoms with Crippen molar-refractivity contribution in [1.29, 1.82) is 0 Å². The molecule has 0 bridgehead atoms. The highest BCUT2D eigenvalue weighted by molar-refractivity contribution is 5.73. The monoisotopic (exact) mass is 248 g/mol. The van der Waals surface area contributed by atoms with Gasteiger partial charge >= 0.3 is 5.97 Å². The summed E-state index contributed by atoms with van der Waals surface area (Å²) in [5.74, 6) is -0.946. The number of carboxylic acid groups (broad SMARTS) is 1. The van der Waals surface area contributed by atoms with Crippen molar-refractivity contribution in [2.24, 2.45) is 5.73 Å². The summed E-state index contributed by atoms with van der Waals surface area (Å²) in [6, 6.07) is 5.90. The number of carbonyl (C=O) groups is 1. The van der Waals surface area contributed by atoms with E-state index in [1.54, 1.807) is 0 Å².